The number of nitrogens with zero attached hydrogens (tertiary/aromatic N) is 2. The van der Waals surface area contributed by atoms with Gasteiger partial charge in [0.05, 0.1) is 6.10 Å². The lowest BCUT2D eigenvalue weighted by Crippen LogP contribution is -2.21. The van der Waals surface area contributed by atoms with E-state index < -0.39 is 0 Å². The summed E-state index contributed by atoms with van der Waals surface area (Å²) in [6.45, 7) is 1.11. The Labute approximate surface area is 132 Å². The third-order valence-electron chi connectivity index (χ3n) is 3.69. The molecule has 1 saturated heterocycles. The second-order valence-corrected chi connectivity index (χ2v) is 6.21. The zero-order chi connectivity index (χ0) is 14.8. The Morgan fingerprint density at radius 1 is 1.14 bits per heavy atom. The maximum Gasteiger partial charge on any atom is 0.276 e. The highest BCUT2D eigenvalue weighted by molar-refractivity contribution is 7.99. The zero-order valence-electron chi connectivity index (χ0n) is 12.0. The van der Waals surface area contributed by atoms with Crippen molar-refractivity contribution < 1.29 is 18.6 Å². The lowest BCUT2D eigenvalue weighted by Gasteiger charge is -2.21. The van der Waals surface area contributed by atoms with E-state index in [1.165, 1.54) is 6.42 Å². The lowest BCUT2D eigenvalue weighted by atomic mass is 10.1. The normalized spacial score (nSPS) is 20.3. The van der Waals surface area contributed by atoms with Crippen molar-refractivity contribution in [2.24, 2.45) is 0 Å². The average Bonchev–Trinajstić information content (AvgIpc) is 3.22. The second kappa shape index (κ2) is 6.18. The molecule has 1 unspecified atom stereocenters. The van der Waals surface area contributed by atoms with Gasteiger partial charge in [-0.25, -0.2) is 0 Å². The molecular formula is C15H16N2O4S. The van der Waals surface area contributed by atoms with Gasteiger partial charge < -0.3 is 18.6 Å². The van der Waals surface area contributed by atoms with E-state index in [4.69, 9.17) is 18.6 Å². The van der Waals surface area contributed by atoms with Gasteiger partial charge in [0.2, 0.25) is 12.7 Å². The van der Waals surface area contributed by atoms with Crippen molar-refractivity contribution in [1.82, 2.24) is 10.2 Å². The summed E-state index contributed by atoms with van der Waals surface area (Å²) in [5.41, 5.74) is 0.831. The molecule has 0 bridgehead atoms. The number of hydrogen-bond donors (Lipinski definition) is 0. The van der Waals surface area contributed by atoms with Gasteiger partial charge in [0, 0.05) is 17.9 Å². The highest BCUT2D eigenvalue weighted by atomic mass is 32.2. The van der Waals surface area contributed by atoms with E-state index >= 15 is 0 Å². The van der Waals surface area contributed by atoms with Crippen LogP contribution in [0.5, 0.6) is 11.5 Å². The van der Waals surface area contributed by atoms with Crippen LogP contribution in [0.1, 0.15) is 19.3 Å². The van der Waals surface area contributed by atoms with Crippen LogP contribution >= 0.6 is 11.8 Å². The summed E-state index contributed by atoms with van der Waals surface area (Å²) in [7, 11) is 0. The molecule has 4 rings (SSSR count). The van der Waals surface area contributed by atoms with Crippen LogP contribution in [0.25, 0.3) is 11.5 Å². The van der Waals surface area contributed by atoms with E-state index in [0.29, 0.717) is 23.0 Å². The van der Waals surface area contributed by atoms with Gasteiger partial charge in [-0.3, -0.25) is 0 Å². The number of benzene rings is 1. The molecule has 0 amide bonds. The topological polar surface area (TPSA) is 66.6 Å². The summed E-state index contributed by atoms with van der Waals surface area (Å²) in [5.74, 6) is 2.79. The molecule has 0 radical (unpaired) electrons. The van der Waals surface area contributed by atoms with Crippen molar-refractivity contribution in [3.8, 4) is 23.0 Å². The van der Waals surface area contributed by atoms with Gasteiger partial charge in [-0.2, -0.15) is 0 Å². The van der Waals surface area contributed by atoms with Crippen LogP contribution in [0.4, 0.5) is 0 Å². The summed E-state index contributed by atoms with van der Waals surface area (Å²) in [5, 5.41) is 8.76. The van der Waals surface area contributed by atoms with Gasteiger partial charge in [0.1, 0.15) is 0 Å². The van der Waals surface area contributed by atoms with Crippen molar-refractivity contribution in [1.29, 1.82) is 0 Å². The highest BCUT2D eigenvalue weighted by Crippen LogP contribution is 2.36. The predicted molar refractivity (Wildman–Crippen MR) is 80.2 cm³/mol. The number of ether oxygens (including phenoxy) is 3. The summed E-state index contributed by atoms with van der Waals surface area (Å²) >= 11 is 1.55. The molecule has 22 heavy (non-hydrogen) atoms. The first-order chi connectivity index (χ1) is 10.9. The first-order valence-corrected chi connectivity index (χ1v) is 8.35. The Kier molecular flexibility index (Phi) is 3.90. The second-order valence-electron chi connectivity index (χ2n) is 5.24. The zero-order valence-corrected chi connectivity index (χ0v) is 12.8. The number of fused-ring (bicyclic) bond motifs is 1. The van der Waals surface area contributed by atoms with Crippen LogP contribution < -0.4 is 9.47 Å². The van der Waals surface area contributed by atoms with E-state index in [9.17, 15) is 0 Å². The van der Waals surface area contributed by atoms with Crippen LogP contribution in [0.3, 0.4) is 0 Å². The monoisotopic (exact) mass is 320 g/mol. The fourth-order valence-corrected chi connectivity index (χ4v) is 3.35. The lowest BCUT2D eigenvalue weighted by molar-refractivity contribution is 0.0314. The van der Waals surface area contributed by atoms with Crippen molar-refractivity contribution in [3.63, 3.8) is 0 Å². The van der Waals surface area contributed by atoms with Gasteiger partial charge in [0.15, 0.2) is 11.5 Å². The Morgan fingerprint density at radius 2 is 2.09 bits per heavy atom. The SMILES string of the molecule is c1cc2c(cc1-c1nnc(SCC3CCCCO3)o1)OCO2. The summed E-state index contributed by atoms with van der Waals surface area (Å²) < 4.78 is 22.1. The average molecular weight is 320 g/mol. The molecular weight excluding hydrogens is 304 g/mol. The standard InChI is InChI=1S/C15H16N2O4S/c1-2-6-18-11(3-1)8-22-15-17-16-14(21-15)10-4-5-12-13(7-10)20-9-19-12/h4-5,7,11H,1-3,6,8-9H2. The van der Waals surface area contributed by atoms with Gasteiger partial charge >= 0.3 is 0 Å². The first-order valence-electron chi connectivity index (χ1n) is 7.36. The Balaban J connectivity index is 1.42. The van der Waals surface area contributed by atoms with Crippen LogP contribution in [0.2, 0.25) is 0 Å². The van der Waals surface area contributed by atoms with Crippen molar-refractivity contribution in [2.45, 2.75) is 30.6 Å². The minimum Gasteiger partial charge on any atom is -0.454 e. The third-order valence-corrected chi connectivity index (χ3v) is 4.64. The smallest absolute Gasteiger partial charge is 0.276 e. The van der Waals surface area contributed by atoms with Gasteiger partial charge in [-0.05, 0) is 37.5 Å². The molecule has 3 heterocycles. The number of hydrogen-bond acceptors (Lipinski definition) is 7. The van der Waals surface area contributed by atoms with Gasteiger partial charge in [0.25, 0.3) is 5.22 Å². The number of thioether (sulfide) groups is 1. The molecule has 1 atom stereocenters. The number of aromatic nitrogens is 2. The van der Waals surface area contributed by atoms with Crippen LogP contribution in [0, 0.1) is 0 Å². The fourth-order valence-electron chi connectivity index (χ4n) is 2.52. The maximum atomic E-state index is 5.71. The molecule has 0 saturated carbocycles. The van der Waals surface area contributed by atoms with Crippen molar-refractivity contribution in [3.05, 3.63) is 18.2 Å². The highest BCUT2D eigenvalue weighted by Gasteiger charge is 2.18. The summed E-state index contributed by atoms with van der Waals surface area (Å²) in [4.78, 5) is 0. The van der Waals surface area contributed by atoms with Crippen LogP contribution in [0.15, 0.2) is 27.8 Å². The third kappa shape index (κ3) is 2.91. The molecule has 0 N–H and O–H groups in total. The van der Waals surface area contributed by atoms with Crippen molar-refractivity contribution >= 4 is 11.8 Å². The van der Waals surface area contributed by atoms with E-state index in [2.05, 4.69) is 10.2 Å². The molecule has 1 aromatic heterocycles. The van der Waals surface area contributed by atoms with E-state index in [1.54, 1.807) is 11.8 Å². The van der Waals surface area contributed by atoms with Crippen molar-refractivity contribution in [2.75, 3.05) is 19.2 Å². The molecule has 1 aromatic carbocycles. The molecule has 0 spiro atoms. The molecule has 2 aliphatic heterocycles. The van der Waals surface area contributed by atoms with Crippen LogP contribution in [-0.4, -0.2) is 35.5 Å². The Hall–Kier alpha value is -1.73. The molecule has 1 fully saturated rings. The van der Waals surface area contributed by atoms with Gasteiger partial charge in [-0.15, -0.1) is 10.2 Å². The van der Waals surface area contributed by atoms with Crippen LogP contribution in [-0.2, 0) is 4.74 Å². The Morgan fingerprint density at radius 3 is 3.00 bits per heavy atom. The number of rotatable bonds is 4. The molecule has 2 aromatic rings. The molecule has 6 nitrogen and oxygen atoms in total. The summed E-state index contributed by atoms with van der Waals surface area (Å²) in [6, 6.07) is 5.60. The van der Waals surface area contributed by atoms with Gasteiger partial charge in [-0.1, -0.05) is 11.8 Å². The Bertz CT molecular complexity index is 655. The fraction of sp³-hybridized carbons (Fsp3) is 0.467. The van der Waals surface area contributed by atoms with E-state index in [0.717, 1.165) is 36.5 Å². The quantitative estimate of drug-likeness (QED) is 0.802. The minimum atomic E-state index is 0.255. The molecule has 0 aliphatic carbocycles. The molecule has 116 valence electrons. The largest absolute Gasteiger partial charge is 0.454 e. The van der Waals surface area contributed by atoms with E-state index in [1.807, 2.05) is 18.2 Å². The first kappa shape index (κ1) is 13.9. The molecule has 2 aliphatic rings. The maximum absolute atomic E-state index is 5.71. The van der Waals surface area contributed by atoms with E-state index in [-0.39, 0.29) is 6.79 Å². The predicted octanol–water partition coefficient (Wildman–Crippen LogP) is 3.13. The summed E-state index contributed by atoms with van der Waals surface area (Å²) in [6.07, 6.45) is 3.79. The molecule has 7 heteroatoms. The minimum absolute atomic E-state index is 0.255.